The molecule has 0 amide bonds. The van der Waals surface area contributed by atoms with Crippen molar-refractivity contribution in [3.05, 3.63) is 0 Å². The summed E-state index contributed by atoms with van der Waals surface area (Å²) in [5, 5.41) is 0. The zero-order valence-corrected chi connectivity index (χ0v) is 6.34. The Bertz CT molecular complexity index is 80.9. The van der Waals surface area contributed by atoms with E-state index >= 15 is 0 Å². The second-order valence-corrected chi connectivity index (χ2v) is 2.39. The van der Waals surface area contributed by atoms with Crippen LogP contribution in [0.15, 0.2) is 0 Å². The van der Waals surface area contributed by atoms with Crippen molar-refractivity contribution in [3.63, 3.8) is 0 Å². The quantitative estimate of drug-likeness (QED) is 0.434. The van der Waals surface area contributed by atoms with Crippen molar-refractivity contribution in [2.75, 3.05) is 13.2 Å². The molecule has 0 saturated carbocycles. The van der Waals surface area contributed by atoms with Crippen LogP contribution in [0.25, 0.3) is 0 Å². The highest BCUT2D eigenvalue weighted by molar-refractivity contribution is 4.44. The van der Waals surface area contributed by atoms with Gasteiger partial charge in [0, 0.05) is 6.61 Å². The van der Waals surface area contributed by atoms with Crippen LogP contribution >= 0.6 is 0 Å². The molecule has 1 saturated heterocycles. The van der Waals surface area contributed by atoms with Gasteiger partial charge in [0.2, 0.25) is 6.29 Å². The van der Waals surface area contributed by atoms with E-state index in [0.717, 1.165) is 13.0 Å². The Balaban J connectivity index is 1.76. The summed E-state index contributed by atoms with van der Waals surface area (Å²) < 4.78 is 5.23. The van der Waals surface area contributed by atoms with Crippen LogP contribution in [0.5, 0.6) is 0 Å². The van der Waals surface area contributed by atoms with Crippen LogP contribution in [-0.2, 0) is 14.5 Å². The van der Waals surface area contributed by atoms with E-state index < -0.39 is 0 Å². The van der Waals surface area contributed by atoms with Crippen LogP contribution in [0.4, 0.5) is 0 Å². The van der Waals surface area contributed by atoms with Gasteiger partial charge < -0.3 is 4.74 Å². The van der Waals surface area contributed by atoms with E-state index in [9.17, 15) is 0 Å². The Kier molecular flexibility index (Phi) is 3.72. The molecule has 0 spiro atoms. The first-order chi connectivity index (χ1) is 4.93. The minimum atomic E-state index is -0.0862. The van der Waals surface area contributed by atoms with Crippen molar-refractivity contribution in [1.29, 1.82) is 0 Å². The molecule has 1 aliphatic heterocycles. The van der Waals surface area contributed by atoms with Gasteiger partial charge in [0.05, 0.1) is 0 Å². The summed E-state index contributed by atoms with van der Waals surface area (Å²) in [6.07, 6.45) is 3.49. The van der Waals surface area contributed by atoms with E-state index in [1.807, 2.05) is 0 Å². The van der Waals surface area contributed by atoms with Gasteiger partial charge in [-0.05, 0) is 6.42 Å². The van der Waals surface area contributed by atoms with Crippen molar-refractivity contribution < 1.29 is 14.5 Å². The fraction of sp³-hybridized carbons (Fsp3) is 1.00. The first-order valence-corrected chi connectivity index (χ1v) is 3.83. The van der Waals surface area contributed by atoms with Crippen LogP contribution in [-0.4, -0.2) is 19.5 Å². The maximum absolute atomic E-state index is 5.23. The molecule has 60 valence electrons. The van der Waals surface area contributed by atoms with Crippen molar-refractivity contribution >= 4 is 0 Å². The standard InChI is InChI=1S/C7H14O3/c1-2-3-4-5-8-7-6-9-10-7/h7H,2-6H2,1H3. The van der Waals surface area contributed by atoms with Crippen LogP contribution in [0.1, 0.15) is 26.2 Å². The van der Waals surface area contributed by atoms with Crippen LogP contribution in [0.2, 0.25) is 0 Å². The van der Waals surface area contributed by atoms with Crippen molar-refractivity contribution in [2.24, 2.45) is 0 Å². The molecule has 0 aromatic rings. The first-order valence-electron chi connectivity index (χ1n) is 3.83. The van der Waals surface area contributed by atoms with E-state index in [1.165, 1.54) is 12.8 Å². The molecule has 0 aromatic heterocycles. The van der Waals surface area contributed by atoms with Gasteiger partial charge in [-0.25, -0.2) is 9.78 Å². The summed E-state index contributed by atoms with van der Waals surface area (Å²) in [6.45, 7) is 3.55. The lowest BCUT2D eigenvalue weighted by Crippen LogP contribution is -2.33. The highest BCUT2D eigenvalue weighted by Crippen LogP contribution is 2.08. The molecule has 0 bridgehead atoms. The van der Waals surface area contributed by atoms with Crippen molar-refractivity contribution in [2.45, 2.75) is 32.5 Å². The summed E-state index contributed by atoms with van der Waals surface area (Å²) in [5.41, 5.74) is 0. The zero-order valence-electron chi connectivity index (χ0n) is 6.34. The molecule has 0 radical (unpaired) electrons. The molecular weight excluding hydrogens is 132 g/mol. The van der Waals surface area contributed by atoms with Gasteiger partial charge in [-0.3, -0.25) is 0 Å². The van der Waals surface area contributed by atoms with E-state index in [2.05, 4.69) is 16.7 Å². The number of rotatable bonds is 5. The van der Waals surface area contributed by atoms with Crippen LogP contribution in [0, 0.1) is 0 Å². The third-order valence-electron chi connectivity index (χ3n) is 1.43. The minimum Gasteiger partial charge on any atom is -0.348 e. The van der Waals surface area contributed by atoms with Gasteiger partial charge in [0.1, 0.15) is 6.61 Å². The van der Waals surface area contributed by atoms with E-state index in [1.54, 1.807) is 0 Å². The van der Waals surface area contributed by atoms with Crippen molar-refractivity contribution in [1.82, 2.24) is 0 Å². The van der Waals surface area contributed by atoms with E-state index in [-0.39, 0.29) is 6.29 Å². The monoisotopic (exact) mass is 146 g/mol. The average Bonchev–Trinajstić information content (AvgIpc) is 1.84. The molecule has 1 rings (SSSR count). The predicted octanol–water partition coefficient (Wildman–Crippen LogP) is 1.48. The fourth-order valence-electron chi connectivity index (χ4n) is 0.766. The molecule has 1 heterocycles. The van der Waals surface area contributed by atoms with Gasteiger partial charge >= 0.3 is 0 Å². The molecule has 1 unspecified atom stereocenters. The maximum Gasteiger partial charge on any atom is 0.218 e. The lowest BCUT2D eigenvalue weighted by atomic mass is 10.3. The normalized spacial score (nSPS) is 24.3. The maximum atomic E-state index is 5.23. The highest BCUT2D eigenvalue weighted by atomic mass is 17.3. The largest absolute Gasteiger partial charge is 0.348 e. The number of hydrogen-bond donors (Lipinski definition) is 0. The fourth-order valence-corrected chi connectivity index (χ4v) is 0.766. The van der Waals surface area contributed by atoms with Crippen LogP contribution in [0.3, 0.4) is 0 Å². The summed E-state index contributed by atoms with van der Waals surface area (Å²) >= 11 is 0. The third kappa shape index (κ3) is 2.64. The molecule has 1 atom stereocenters. The lowest BCUT2D eigenvalue weighted by molar-refractivity contribution is -0.482. The molecular formula is C7H14O3. The second-order valence-electron chi connectivity index (χ2n) is 2.39. The summed E-state index contributed by atoms with van der Waals surface area (Å²) in [5.74, 6) is 0. The molecule has 1 fully saturated rings. The summed E-state index contributed by atoms with van der Waals surface area (Å²) in [4.78, 5) is 9.06. The van der Waals surface area contributed by atoms with E-state index in [0.29, 0.717) is 6.61 Å². The first kappa shape index (κ1) is 7.98. The topological polar surface area (TPSA) is 27.7 Å². The van der Waals surface area contributed by atoms with Gasteiger partial charge in [0.15, 0.2) is 0 Å². The number of unbranched alkanes of at least 4 members (excludes halogenated alkanes) is 2. The van der Waals surface area contributed by atoms with Gasteiger partial charge in [-0.15, -0.1) is 0 Å². The smallest absolute Gasteiger partial charge is 0.218 e. The minimum absolute atomic E-state index is 0.0862. The predicted molar refractivity (Wildman–Crippen MR) is 36.3 cm³/mol. The summed E-state index contributed by atoms with van der Waals surface area (Å²) in [6, 6.07) is 0. The molecule has 3 heteroatoms. The van der Waals surface area contributed by atoms with E-state index in [4.69, 9.17) is 4.74 Å². The van der Waals surface area contributed by atoms with Crippen molar-refractivity contribution in [3.8, 4) is 0 Å². The van der Waals surface area contributed by atoms with Gasteiger partial charge in [-0.1, -0.05) is 19.8 Å². The molecule has 0 N–H and O–H groups in total. The Morgan fingerprint density at radius 3 is 2.80 bits per heavy atom. The zero-order chi connectivity index (χ0) is 7.23. The average molecular weight is 146 g/mol. The Hall–Kier alpha value is -0.120. The van der Waals surface area contributed by atoms with Gasteiger partial charge in [0.25, 0.3) is 0 Å². The summed E-state index contributed by atoms with van der Waals surface area (Å²) in [7, 11) is 0. The third-order valence-corrected chi connectivity index (χ3v) is 1.43. The van der Waals surface area contributed by atoms with Crippen LogP contribution < -0.4 is 0 Å². The van der Waals surface area contributed by atoms with Gasteiger partial charge in [-0.2, -0.15) is 0 Å². The molecule has 3 nitrogen and oxygen atoms in total. The Morgan fingerprint density at radius 2 is 2.30 bits per heavy atom. The SMILES string of the molecule is CCCCCOC1COO1. The molecule has 0 aromatic carbocycles. The lowest BCUT2D eigenvalue weighted by Gasteiger charge is -2.23. The highest BCUT2D eigenvalue weighted by Gasteiger charge is 2.20. The number of ether oxygens (including phenoxy) is 1. The second kappa shape index (κ2) is 4.66. The molecule has 10 heavy (non-hydrogen) atoms. The molecule has 0 aliphatic carbocycles. The Morgan fingerprint density at radius 1 is 1.50 bits per heavy atom. The molecule has 1 aliphatic rings. The Labute approximate surface area is 61.2 Å². The number of hydrogen-bond acceptors (Lipinski definition) is 3.